The first kappa shape index (κ1) is 21.4. The molecule has 0 unspecified atom stereocenters. The van der Waals surface area contributed by atoms with Crippen molar-refractivity contribution < 1.29 is 19.1 Å². The number of anilines is 1. The van der Waals surface area contributed by atoms with E-state index >= 15 is 0 Å². The Bertz CT molecular complexity index is 859. The largest absolute Gasteiger partial charge is 0.458 e. The Balaban J connectivity index is 1.50. The summed E-state index contributed by atoms with van der Waals surface area (Å²) < 4.78 is 10.8. The van der Waals surface area contributed by atoms with Crippen molar-refractivity contribution in [1.82, 2.24) is 9.88 Å². The quantitative estimate of drug-likeness (QED) is 0.698. The number of hydrogen-bond donors (Lipinski definition) is 1. The third kappa shape index (κ3) is 5.62. The molecule has 1 saturated heterocycles. The standard InChI is InChI=1S/C21H27N3O4S/c1-15-6-4-5-7-17(15)23-18(25)12-19-22-16(14-29-19)13-28-20(26)21(2,3)24-8-10-27-11-9-24/h4-7,14H,8-13H2,1-3H3,(H,23,25). The molecule has 3 rings (SSSR count). The summed E-state index contributed by atoms with van der Waals surface area (Å²) in [5.74, 6) is -0.406. The van der Waals surface area contributed by atoms with Crippen LogP contribution in [0.3, 0.4) is 0 Å². The molecule has 1 aliphatic rings. The van der Waals surface area contributed by atoms with E-state index in [0.717, 1.165) is 11.3 Å². The smallest absolute Gasteiger partial charge is 0.326 e. The number of amides is 1. The number of esters is 1. The van der Waals surface area contributed by atoms with Crippen LogP contribution in [0.5, 0.6) is 0 Å². The summed E-state index contributed by atoms with van der Waals surface area (Å²) in [6.45, 7) is 8.43. The second-order valence-corrected chi connectivity index (χ2v) is 8.45. The second kappa shape index (κ2) is 9.47. The van der Waals surface area contributed by atoms with Gasteiger partial charge in [-0.15, -0.1) is 11.3 Å². The molecule has 0 saturated carbocycles. The molecule has 7 nitrogen and oxygen atoms in total. The zero-order valence-electron chi connectivity index (χ0n) is 17.1. The van der Waals surface area contributed by atoms with Crippen LogP contribution in [-0.2, 0) is 32.1 Å². The average Bonchev–Trinajstić information content (AvgIpc) is 3.15. The SMILES string of the molecule is Cc1ccccc1NC(=O)Cc1nc(COC(=O)C(C)(C)N2CCOCC2)cs1. The predicted molar refractivity (Wildman–Crippen MR) is 112 cm³/mol. The number of para-hydroxylation sites is 1. The van der Waals surface area contributed by atoms with Crippen LogP contribution in [0.15, 0.2) is 29.6 Å². The van der Waals surface area contributed by atoms with Gasteiger partial charge in [-0.05, 0) is 32.4 Å². The molecular weight excluding hydrogens is 390 g/mol. The lowest BCUT2D eigenvalue weighted by molar-refractivity contribution is -0.160. The Morgan fingerprint density at radius 1 is 1.28 bits per heavy atom. The van der Waals surface area contributed by atoms with Crippen LogP contribution in [0, 0.1) is 6.92 Å². The summed E-state index contributed by atoms with van der Waals surface area (Å²) in [7, 11) is 0. The fraction of sp³-hybridized carbons (Fsp3) is 0.476. The van der Waals surface area contributed by atoms with Crippen molar-refractivity contribution in [2.75, 3.05) is 31.6 Å². The molecule has 2 heterocycles. The van der Waals surface area contributed by atoms with E-state index in [1.54, 1.807) is 0 Å². The summed E-state index contributed by atoms with van der Waals surface area (Å²) in [6, 6.07) is 7.64. The van der Waals surface area contributed by atoms with Gasteiger partial charge in [-0.3, -0.25) is 14.5 Å². The molecule has 1 fully saturated rings. The number of hydrogen-bond acceptors (Lipinski definition) is 7. The molecule has 1 aromatic carbocycles. The zero-order valence-corrected chi connectivity index (χ0v) is 17.9. The van der Waals surface area contributed by atoms with E-state index in [2.05, 4.69) is 15.2 Å². The molecule has 0 bridgehead atoms. The maximum absolute atomic E-state index is 12.6. The Hall–Kier alpha value is -2.29. The van der Waals surface area contributed by atoms with Crippen LogP contribution < -0.4 is 5.32 Å². The third-order valence-corrected chi connectivity index (χ3v) is 5.88. The Morgan fingerprint density at radius 2 is 2.00 bits per heavy atom. The number of nitrogens with zero attached hydrogens (tertiary/aromatic N) is 2. The summed E-state index contributed by atoms with van der Waals surface area (Å²) in [5.41, 5.74) is 1.75. The van der Waals surface area contributed by atoms with E-state index in [4.69, 9.17) is 9.47 Å². The van der Waals surface area contributed by atoms with Gasteiger partial charge >= 0.3 is 5.97 Å². The number of thiazole rings is 1. The first-order valence-electron chi connectivity index (χ1n) is 9.65. The number of nitrogens with one attached hydrogen (secondary N) is 1. The van der Waals surface area contributed by atoms with Gasteiger partial charge in [0.25, 0.3) is 0 Å². The van der Waals surface area contributed by atoms with Gasteiger partial charge in [0.15, 0.2) is 0 Å². The molecule has 1 N–H and O–H groups in total. The highest BCUT2D eigenvalue weighted by molar-refractivity contribution is 7.09. The number of morpholine rings is 1. The lowest BCUT2D eigenvalue weighted by Crippen LogP contribution is -2.55. The summed E-state index contributed by atoms with van der Waals surface area (Å²) >= 11 is 1.39. The summed E-state index contributed by atoms with van der Waals surface area (Å²) in [6.07, 6.45) is 0.187. The van der Waals surface area contributed by atoms with E-state index in [0.29, 0.717) is 37.0 Å². The van der Waals surface area contributed by atoms with Gasteiger partial charge in [-0.25, -0.2) is 4.98 Å². The second-order valence-electron chi connectivity index (χ2n) is 7.51. The van der Waals surface area contributed by atoms with Crippen molar-refractivity contribution in [3.05, 3.63) is 45.9 Å². The highest BCUT2D eigenvalue weighted by atomic mass is 32.1. The highest BCUT2D eigenvalue weighted by Crippen LogP contribution is 2.20. The van der Waals surface area contributed by atoms with Crippen molar-refractivity contribution in [1.29, 1.82) is 0 Å². The number of carbonyl (C=O) groups is 2. The molecule has 156 valence electrons. The van der Waals surface area contributed by atoms with Crippen LogP contribution in [0.25, 0.3) is 0 Å². The fourth-order valence-corrected chi connectivity index (χ4v) is 3.89. The normalized spacial score (nSPS) is 15.1. The molecule has 0 radical (unpaired) electrons. The van der Waals surface area contributed by atoms with Crippen molar-refractivity contribution in [3.63, 3.8) is 0 Å². The number of ether oxygens (including phenoxy) is 2. The van der Waals surface area contributed by atoms with Gasteiger partial charge in [-0.1, -0.05) is 18.2 Å². The monoisotopic (exact) mass is 417 g/mol. The first-order valence-corrected chi connectivity index (χ1v) is 10.5. The Morgan fingerprint density at radius 3 is 2.72 bits per heavy atom. The minimum Gasteiger partial charge on any atom is -0.458 e. The van der Waals surface area contributed by atoms with Gasteiger partial charge in [0, 0.05) is 24.2 Å². The molecule has 1 amide bonds. The molecular formula is C21H27N3O4S. The van der Waals surface area contributed by atoms with Crippen molar-refractivity contribution in [2.24, 2.45) is 0 Å². The average molecular weight is 418 g/mol. The molecule has 29 heavy (non-hydrogen) atoms. The molecule has 1 aromatic heterocycles. The van der Waals surface area contributed by atoms with Crippen LogP contribution in [0.2, 0.25) is 0 Å². The number of rotatable bonds is 7. The topological polar surface area (TPSA) is 80.8 Å². The predicted octanol–water partition coefficient (Wildman–Crippen LogP) is 2.79. The first-order chi connectivity index (χ1) is 13.9. The fourth-order valence-electron chi connectivity index (χ4n) is 3.11. The number of carbonyl (C=O) groups excluding carboxylic acids is 2. The molecule has 0 aliphatic carbocycles. The summed E-state index contributed by atoms with van der Waals surface area (Å²) in [5, 5.41) is 5.42. The summed E-state index contributed by atoms with van der Waals surface area (Å²) in [4.78, 5) is 31.3. The van der Waals surface area contributed by atoms with Crippen molar-refractivity contribution >= 4 is 28.9 Å². The van der Waals surface area contributed by atoms with Crippen LogP contribution in [0.1, 0.15) is 30.1 Å². The Kier molecular flexibility index (Phi) is 7.00. The molecule has 8 heteroatoms. The minimum atomic E-state index is -0.712. The third-order valence-electron chi connectivity index (χ3n) is 4.98. The van der Waals surface area contributed by atoms with Gasteiger partial charge in [0.1, 0.15) is 17.2 Å². The molecule has 0 atom stereocenters. The zero-order chi connectivity index (χ0) is 20.9. The van der Waals surface area contributed by atoms with Gasteiger partial charge in [0.05, 0.1) is 25.3 Å². The van der Waals surface area contributed by atoms with Crippen LogP contribution in [0.4, 0.5) is 5.69 Å². The molecule has 2 aromatic rings. The van der Waals surface area contributed by atoms with Gasteiger partial charge in [0.2, 0.25) is 5.91 Å². The van der Waals surface area contributed by atoms with Crippen LogP contribution >= 0.6 is 11.3 Å². The number of aryl methyl sites for hydroxylation is 1. The van der Waals surface area contributed by atoms with Gasteiger partial charge in [-0.2, -0.15) is 0 Å². The van der Waals surface area contributed by atoms with Crippen molar-refractivity contribution in [2.45, 2.75) is 39.3 Å². The van der Waals surface area contributed by atoms with E-state index < -0.39 is 5.54 Å². The van der Waals surface area contributed by atoms with E-state index in [1.165, 1.54) is 11.3 Å². The lowest BCUT2D eigenvalue weighted by Gasteiger charge is -2.38. The number of benzene rings is 1. The molecule has 1 aliphatic heterocycles. The maximum Gasteiger partial charge on any atom is 0.326 e. The minimum absolute atomic E-state index is 0.0997. The van der Waals surface area contributed by atoms with Crippen LogP contribution in [-0.4, -0.2) is 53.6 Å². The number of aromatic nitrogens is 1. The van der Waals surface area contributed by atoms with E-state index in [-0.39, 0.29) is 24.9 Å². The van der Waals surface area contributed by atoms with E-state index in [1.807, 2.05) is 50.4 Å². The Labute approximate surface area is 175 Å². The van der Waals surface area contributed by atoms with Gasteiger partial charge < -0.3 is 14.8 Å². The highest BCUT2D eigenvalue weighted by Gasteiger charge is 2.37. The maximum atomic E-state index is 12.6. The van der Waals surface area contributed by atoms with Crippen molar-refractivity contribution in [3.8, 4) is 0 Å². The molecule has 0 spiro atoms. The lowest BCUT2D eigenvalue weighted by atomic mass is 10.0. The van der Waals surface area contributed by atoms with E-state index in [9.17, 15) is 9.59 Å².